The molecule has 0 radical (unpaired) electrons. The van der Waals surface area contributed by atoms with Gasteiger partial charge in [0.25, 0.3) is 0 Å². The molecule has 3 aliphatic rings. The van der Waals surface area contributed by atoms with Crippen LogP contribution in [-0.2, 0) is 0 Å². The fourth-order valence-corrected chi connectivity index (χ4v) is 3.42. The Labute approximate surface area is 91.9 Å². The van der Waals surface area contributed by atoms with Crippen molar-refractivity contribution in [1.82, 2.24) is 10.2 Å². The number of rotatable bonds is 0. The average molecular weight is 207 g/mol. The van der Waals surface area contributed by atoms with E-state index in [4.69, 9.17) is 0 Å². The lowest BCUT2D eigenvalue weighted by molar-refractivity contribution is 0.152. The Kier molecular flexibility index (Phi) is 2.33. The van der Waals surface area contributed by atoms with Gasteiger partial charge in [-0.2, -0.15) is 0 Å². The Balaban J connectivity index is 1.60. The standard InChI is InChI=1S/C12H21N3/c1-2-4-12(3-1)5-9-15(10-6-12)11-13-7-8-14-11/h1-10H2,(H,13,14). The molecule has 1 aliphatic carbocycles. The number of likely N-dealkylation sites (tertiary alicyclic amines) is 1. The van der Waals surface area contributed by atoms with Crippen LogP contribution < -0.4 is 5.32 Å². The molecule has 3 rings (SSSR count). The quantitative estimate of drug-likeness (QED) is 0.653. The Morgan fingerprint density at radius 1 is 1.07 bits per heavy atom. The van der Waals surface area contributed by atoms with Gasteiger partial charge in [0.1, 0.15) is 0 Å². The SMILES string of the molecule is C1CCC2(C1)CCN(C1=NCCN1)CC2. The van der Waals surface area contributed by atoms with Crippen LogP contribution in [0.15, 0.2) is 4.99 Å². The van der Waals surface area contributed by atoms with Crippen LogP contribution in [0.2, 0.25) is 0 Å². The second kappa shape index (κ2) is 3.69. The second-order valence-electron chi connectivity index (χ2n) is 5.33. The largest absolute Gasteiger partial charge is 0.354 e. The van der Waals surface area contributed by atoms with Gasteiger partial charge in [-0.25, -0.2) is 0 Å². The fraction of sp³-hybridized carbons (Fsp3) is 0.917. The summed E-state index contributed by atoms with van der Waals surface area (Å²) >= 11 is 0. The number of hydrogen-bond acceptors (Lipinski definition) is 3. The normalized spacial score (nSPS) is 29.3. The molecule has 84 valence electrons. The van der Waals surface area contributed by atoms with Crippen LogP contribution in [0.4, 0.5) is 0 Å². The molecule has 0 atom stereocenters. The molecule has 2 fully saturated rings. The van der Waals surface area contributed by atoms with E-state index in [-0.39, 0.29) is 0 Å². The van der Waals surface area contributed by atoms with Gasteiger partial charge >= 0.3 is 0 Å². The highest BCUT2D eigenvalue weighted by molar-refractivity contribution is 5.81. The van der Waals surface area contributed by atoms with Crippen molar-refractivity contribution in [3.63, 3.8) is 0 Å². The molecule has 1 spiro atoms. The summed E-state index contributed by atoms with van der Waals surface area (Å²) in [5, 5.41) is 3.38. The fourth-order valence-electron chi connectivity index (χ4n) is 3.42. The predicted molar refractivity (Wildman–Crippen MR) is 62.0 cm³/mol. The summed E-state index contributed by atoms with van der Waals surface area (Å²) in [7, 11) is 0. The summed E-state index contributed by atoms with van der Waals surface area (Å²) in [5.41, 5.74) is 0.732. The molecular weight excluding hydrogens is 186 g/mol. The van der Waals surface area contributed by atoms with Crippen molar-refractivity contribution in [2.24, 2.45) is 10.4 Å². The van der Waals surface area contributed by atoms with Crippen LogP contribution in [-0.4, -0.2) is 37.0 Å². The molecule has 0 bridgehead atoms. The van der Waals surface area contributed by atoms with E-state index >= 15 is 0 Å². The first-order valence-corrected chi connectivity index (χ1v) is 6.41. The molecule has 0 amide bonds. The lowest BCUT2D eigenvalue weighted by atomic mass is 9.77. The molecule has 0 aromatic heterocycles. The first-order valence-electron chi connectivity index (χ1n) is 6.41. The first-order chi connectivity index (χ1) is 7.38. The van der Waals surface area contributed by atoms with Gasteiger partial charge in [-0.1, -0.05) is 12.8 Å². The van der Waals surface area contributed by atoms with E-state index in [0.717, 1.165) is 18.5 Å². The topological polar surface area (TPSA) is 27.6 Å². The highest BCUT2D eigenvalue weighted by Gasteiger charge is 2.37. The maximum Gasteiger partial charge on any atom is 0.194 e. The average Bonchev–Trinajstić information content (AvgIpc) is 2.91. The molecule has 2 aliphatic heterocycles. The number of aliphatic imine (C=N–C) groups is 1. The van der Waals surface area contributed by atoms with Crippen LogP contribution in [0, 0.1) is 5.41 Å². The Morgan fingerprint density at radius 3 is 2.40 bits per heavy atom. The van der Waals surface area contributed by atoms with E-state index in [9.17, 15) is 0 Å². The summed E-state index contributed by atoms with van der Waals surface area (Å²) in [6.45, 7) is 4.46. The molecule has 0 aromatic carbocycles. The maximum atomic E-state index is 4.51. The third-order valence-electron chi connectivity index (χ3n) is 4.44. The van der Waals surface area contributed by atoms with Crippen LogP contribution >= 0.6 is 0 Å². The molecule has 3 heteroatoms. The molecule has 1 saturated carbocycles. The smallest absolute Gasteiger partial charge is 0.194 e. The lowest BCUT2D eigenvalue weighted by Crippen LogP contribution is -2.46. The molecule has 0 aromatic rings. The summed E-state index contributed by atoms with van der Waals surface area (Å²) in [5.74, 6) is 1.17. The third kappa shape index (κ3) is 1.72. The Hall–Kier alpha value is -0.730. The van der Waals surface area contributed by atoms with Gasteiger partial charge in [0.05, 0.1) is 6.54 Å². The number of nitrogens with zero attached hydrogens (tertiary/aromatic N) is 2. The number of hydrogen-bond donors (Lipinski definition) is 1. The zero-order valence-corrected chi connectivity index (χ0v) is 9.47. The Bertz CT molecular complexity index is 256. The molecule has 2 heterocycles. The second-order valence-corrected chi connectivity index (χ2v) is 5.33. The van der Waals surface area contributed by atoms with E-state index in [2.05, 4.69) is 15.2 Å². The van der Waals surface area contributed by atoms with E-state index in [0.29, 0.717) is 0 Å². The van der Waals surface area contributed by atoms with Gasteiger partial charge in [0, 0.05) is 19.6 Å². The molecular formula is C12H21N3. The zero-order valence-electron chi connectivity index (χ0n) is 9.47. The van der Waals surface area contributed by atoms with Crippen molar-refractivity contribution in [1.29, 1.82) is 0 Å². The minimum absolute atomic E-state index is 0.732. The molecule has 3 nitrogen and oxygen atoms in total. The van der Waals surface area contributed by atoms with Crippen LogP contribution in [0.25, 0.3) is 0 Å². The molecule has 1 N–H and O–H groups in total. The predicted octanol–water partition coefficient (Wildman–Crippen LogP) is 1.60. The maximum absolute atomic E-state index is 4.51. The number of piperidine rings is 1. The van der Waals surface area contributed by atoms with E-state index in [1.807, 2.05) is 0 Å². The van der Waals surface area contributed by atoms with Gasteiger partial charge in [-0.05, 0) is 31.1 Å². The highest BCUT2D eigenvalue weighted by Crippen LogP contribution is 2.46. The van der Waals surface area contributed by atoms with Crippen molar-refractivity contribution in [2.45, 2.75) is 38.5 Å². The zero-order chi connectivity index (χ0) is 10.1. The highest BCUT2D eigenvalue weighted by atomic mass is 15.3. The van der Waals surface area contributed by atoms with Crippen molar-refractivity contribution in [3.8, 4) is 0 Å². The summed E-state index contributed by atoms with van der Waals surface area (Å²) in [6, 6.07) is 0. The molecule has 0 unspecified atom stereocenters. The number of nitrogens with one attached hydrogen (secondary N) is 1. The van der Waals surface area contributed by atoms with E-state index in [1.54, 1.807) is 0 Å². The summed E-state index contributed by atoms with van der Waals surface area (Å²) in [4.78, 5) is 6.96. The van der Waals surface area contributed by atoms with E-state index in [1.165, 1.54) is 57.6 Å². The van der Waals surface area contributed by atoms with Crippen molar-refractivity contribution in [2.75, 3.05) is 26.2 Å². The third-order valence-corrected chi connectivity index (χ3v) is 4.44. The van der Waals surface area contributed by atoms with Gasteiger partial charge in [-0.3, -0.25) is 4.99 Å². The van der Waals surface area contributed by atoms with Crippen molar-refractivity contribution >= 4 is 5.96 Å². The van der Waals surface area contributed by atoms with E-state index < -0.39 is 0 Å². The first kappa shape index (κ1) is 9.49. The number of guanidine groups is 1. The van der Waals surface area contributed by atoms with Gasteiger partial charge in [-0.15, -0.1) is 0 Å². The van der Waals surface area contributed by atoms with Crippen molar-refractivity contribution < 1.29 is 0 Å². The van der Waals surface area contributed by atoms with Crippen molar-refractivity contribution in [3.05, 3.63) is 0 Å². The molecule has 1 saturated heterocycles. The van der Waals surface area contributed by atoms with Crippen LogP contribution in [0.3, 0.4) is 0 Å². The lowest BCUT2D eigenvalue weighted by Gasteiger charge is -2.40. The van der Waals surface area contributed by atoms with Gasteiger partial charge < -0.3 is 10.2 Å². The van der Waals surface area contributed by atoms with Gasteiger partial charge in [0.2, 0.25) is 0 Å². The van der Waals surface area contributed by atoms with Crippen LogP contribution in [0.5, 0.6) is 0 Å². The minimum atomic E-state index is 0.732. The van der Waals surface area contributed by atoms with Gasteiger partial charge in [0.15, 0.2) is 5.96 Å². The summed E-state index contributed by atoms with van der Waals surface area (Å²) < 4.78 is 0. The monoisotopic (exact) mass is 207 g/mol. The minimum Gasteiger partial charge on any atom is -0.354 e. The summed E-state index contributed by atoms with van der Waals surface area (Å²) in [6.07, 6.45) is 8.71. The Morgan fingerprint density at radius 2 is 1.80 bits per heavy atom. The molecule has 15 heavy (non-hydrogen) atoms. The van der Waals surface area contributed by atoms with Crippen LogP contribution in [0.1, 0.15) is 38.5 Å².